The topological polar surface area (TPSA) is 40.6 Å². The van der Waals surface area contributed by atoms with Gasteiger partial charge in [-0.15, -0.1) is 11.3 Å². The van der Waals surface area contributed by atoms with Crippen molar-refractivity contribution < 1.29 is 9.59 Å². The Morgan fingerprint density at radius 2 is 1.81 bits per heavy atom. The summed E-state index contributed by atoms with van der Waals surface area (Å²) in [7, 11) is 0. The number of thiophene rings is 1. The molecule has 1 unspecified atom stereocenters. The molecule has 0 spiro atoms. The number of carbonyl (C=O) groups is 2. The van der Waals surface area contributed by atoms with Gasteiger partial charge in [0.15, 0.2) is 0 Å². The van der Waals surface area contributed by atoms with Crippen LogP contribution in [-0.2, 0) is 11.2 Å². The summed E-state index contributed by atoms with van der Waals surface area (Å²) in [5, 5.41) is 2.11. The van der Waals surface area contributed by atoms with E-state index in [1.54, 1.807) is 16.2 Å². The quantitative estimate of drug-likeness (QED) is 0.483. The molecule has 1 aliphatic heterocycles. The lowest BCUT2D eigenvalue weighted by Crippen LogP contribution is -2.47. The summed E-state index contributed by atoms with van der Waals surface area (Å²) < 4.78 is 0. The number of benzene rings is 2. The molecule has 2 heterocycles. The lowest BCUT2D eigenvalue weighted by molar-refractivity contribution is -0.134. The molecule has 4 nitrogen and oxygen atoms in total. The molecule has 0 N–H and O–H groups in total. The Morgan fingerprint density at radius 3 is 2.53 bits per heavy atom. The minimum Gasteiger partial charge on any atom is -0.330 e. The molecular weight excluding hydrogens is 416 g/mol. The van der Waals surface area contributed by atoms with E-state index in [2.05, 4.69) is 30.5 Å². The molecule has 1 atom stereocenters. The van der Waals surface area contributed by atoms with E-state index in [4.69, 9.17) is 0 Å². The molecule has 32 heavy (non-hydrogen) atoms. The summed E-state index contributed by atoms with van der Waals surface area (Å²) in [6, 6.07) is 19.9. The first-order chi connectivity index (χ1) is 15.6. The minimum atomic E-state index is -0.0961. The van der Waals surface area contributed by atoms with Crippen molar-refractivity contribution in [2.75, 3.05) is 19.6 Å². The molecule has 2 amide bonds. The van der Waals surface area contributed by atoms with Crippen LogP contribution in [0.25, 0.3) is 0 Å². The molecule has 0 saturated carbocycles. The number of aryl methyl sites for hydroxylation is 1. The fourth-order valence-electron chi connectivity index (χ4n) is 4.31. The van der Waals surface area contributed by atoms with E-state index in [-0.39, 0.29) is 24.4 Å². The second-order valence-corrected chi connectivity index (χ2v) is 9.40. The molecule has 166 valence electrons. The molecule has 0 aliphatic carbocycles. The summed E-state index contributed by atoms with van der Waals surface area (Å²) in [5.74, 6) is -0.0661. The van der Waals surface area contributed by atoms with Crippen molar-refractivity contribution in [3.63, 3.8) is 0 Å². The molecule has 0 bridgehead atoms. The molecule has 4 rings (SSSR count). The summed E-state index contributed by atoms with van der Waals surface area (Å²) in [6.45, 7) is 5.47. The summed E-state index contributed by atoms with van der Waals surface area (Å²) >= 11 is 1.76. The number of hydrogen-bond donors (Lipinski definition) is 0. The van der Waals surface area contributed by atoms with Crippen LogP contribution in [0.1, 0.15) is 57.7 Å². The largest absolute Gasteiger partial charge is 0.330 e. The maximum absolute atomic E-state index is 13.6. The Morgan fingerprint density at radius 1 is 1.06 bits per heavy atom. The first kappa shape index (κ1) is 22.3. The Hall–Kier alpha value is -2.92. The van der Waals surface area contributed by atoms with Gasteiger partial charge >= 0.3 is 0 Å². The van der Waals surface area contributed by atoms with Crippen LogP contribution in [0, 0.1) is 6.92 Å². The van der Waals surface area contributed by atoms with Gasteiger partial charge in [0, 0.05) is 23.5 Å². The highest BCUT2D eigenvalue weighted by Crippen LogP contribution is 2.37. The number of rotatable bonds is 7. The van der Waals surface area contributed by atoms with Gasteiger partial charge in [0.25, 0.3) is 5.91 Å². The third-order valence-electron chi connectivity index (χ3n) is 6.09. The zero-order chi connectivity index (χ0) is 22.5. The number of unbranched alkanes of at least 4 members (excludes halogenated alkanes) is 1. The van der Waals surface area contributed by atoms with Crippen LogP contribution in [0.4, 0.5) is 0 Å². The molecule has 3 aromatic rings. The highest BCUT2D eigenvalue weighted by molar-refractivity contribution is 7.10. The number of fused-ring (bicyclic) bond motifs is 1. The summed E-state index contributed by atoms with van der Waals surface area (Å²) in [6.07, 6.45) is 2.71. The first-order valence-corrected chi connectivity index (χ1v) is 12.2. The third-order valence-corrected chi connectivity index (χ3v) is 7.09. The Balaban J connectivity index is 1.59. The number of carbonyl (C=O) groups excluding carboxylic acids is 2. The number of hydrogen-bond acceptors (Lipinski definition) is 3. The van der Waals surface area contributed by atoms with Crippen molar-refractivity contribution in [3.05, 3.63) is 93.2 Å². The van der Waals surface area contributed by atoms with Gasteiger partial charge in [-0.2, -0.15) is 0 Å². The summed E-state index contributed by atoms with van der Waals surface area (Å²) in [4.78, 5) is 31.9. The standard InChI is InChI=1S/C27H30N2O2S/c1-3-4-16-28(27(31)22-12-10-20(2)11-13-22)19-25(30)29-17-14-24-23(15-18-32-24)26(29)21-8-6-5-7-9-21/h5-13,15,18,26H,3-4,14,16-17,19H2,1-2H3. The average Bonchev–Trinajstić information content (AvgIpc) is 3.30. The van der Waals surface area contributed by atoms with Crippen molar-refractivity contribution in [2.45, 2.75) is 39.2 Å². The second-order valence-electron chi connectivity index (χ2n) is 8.40. The SMILES string of the molecule is CCCCN(CC(=O)N1CCc2sccc2C1c1ccccc1)C(=O)c1ccc(C)cc1. The fraction of sp³-hybridized carbons (Fsp3) is 0.333. The van der Waals surface area contributed by atoms with Crippen LogP contribution in [0.5, 0.6) is 0 Å². The van der Waals surface area contributed by atoms with Gasteiger partial charge in [0.05, 0.1) is 6.04 Å². The Bertz CT molecular complexity index is 1060. The van der Waals surface area contributed by atoms with Crippen molar-refractivity contribution in [1.82, 2.24) is 9.80 Å². The van der Waals surface area contributed by atoms with Crippen LogP contribution in [-0.4, -0.2) is 41.2 Å². The second kappa shape index (κ2) is 10.1. The number of nitrogens with zero attached hydrogens (tertiary/aromatic N) is 2. The van der Waals surface area contributed by atoms with E-state index in [1.165, 1.54) is 10.4 Å². The zero-order valence-corrected chi connectivity index (χ0v) is 19.6. The van der Waals surface area contributed by atoms with E-state index < -0.39 is 0 Å². The molecular formula is C27H30N2O2S. The maximum Gasteiger partial charge on any atom is 0.254 e. The molecule has 5 heteroatoms. The number of amides is 2. The first-order valence-electron chi connectivity index (χ1n) is 11.3. The molecule has 0 fully saturated rings. The highest BCUT2D eigenvalue weighted by atomic mass is 32.1. The van der Waals surface area contributed by atoms with Gasteiger partial charge in [0.1, 0.15) is 6.54 Å². The molecule has 0 saturated heterocycles. The van der Waals surface area contributed by atoms with Crippen LogP contribution in [0.15, 0.2) is 66.0 Å². The van der Waals surface area contributed by atoms with Gasteiger partial charge in [-0.3, -0.25) is 9.59 Å². The van der Waals surface area contributed by atoms with E-state index in [0.717, 1.165) is 30.4 Å². The van der Waals surface area contributed by atoms with Gasteiger partial charge in [-0.05, 0) is 54.5 Å². The normalized spacial score (nSPS) is 15.3. The van der Waals surface area contributed by atoms with Crippen LogP contribution < -0.4 is 0 Å². The van der Waals surface area contributed by atoms with Gasteiger partial charge in [-0.1, -0.05) is 61.4 Å². The molecule has 1 aliphatic rings. The van der Waals surface area contributed by atoms with Gasteiger partial charge in [-0.25, -0.2) is 0 Å². The Kier molecular flexibility index (Phi) is 7.05. The predicted molar refractivity (Wildman–Crippen MR) is 130 cm³/mol. The van der Waals surface area contributed by atoms with Crippen LogP contribution in [0.3, 0.4) is 0 Å². The molecule has 0 radical (unpaired) electrons. The van der Waals surface area contributed by atoms with Crippen molar-refractivity contribution in [1.29, 1.82) is 0 Å². The summed E-state index contributed by atoms with van der Waals surface area (Å²) in [5.41, 5.74) is 4.08. The predicted octanol–water partition coefficient (Wildman–Crippen LogP) is 5.47. The molecule has 2 aromatic carbocycles. The average molecular weight is 447 g/mol. The van der Waals surface area contributed by atoms with Gasteiger partial charge in [0.2, 0.25) is 5.91 Å². The van der Waals surface area contributed by atoms with Gasteiger partial charge < -0.3 is 9.80 Å². The van der Waals surface area contributed by atoms with Crippen molar-refractivity contribution in [2.24, 2.45) is 0 Å². The minimum absolute atomic E-state index is 0.00673. The van der Waals surface area contributed by atoms with Crippen molar-refractivity contribution >= 4 is 23.2 Å². The van der Waals surface area contributed by atoms with E-state index in [9.17, 15) is 9.59 Å². The zero-order valence-electron chi connectivity index (χ0n) is 18.8. The van der Waals surface area contributed by atoms with E-state index in [1.807, 2.05) is 54.3 Å². The highest BCUT2D eigenvalue weighted by Gasteiger charge is 2.33. The monoisotopic (exact) mass is 446 g/mol. The fourth-order valence-corrected chi connectivity index (χ4v) is 5.22. The lowest BCUT2D eigenvalue weighted by atomic mass is 9.93. The van der Waals surface area contributed by atoms with Crippen LogP contribution in [0.2, 0.25) is 0 Å². The third kappa shape index (κ3) is 4.78. The molecule has 1 aromatic heterocycles. The Labute approximate surface area is 194 Å². The lowest BCUT2D eigenvalue weighted by Gasteiger charge is -2.37. The maximum atomic E-state index is 13.6. The van der Waals surface area contributed by atoms with Crippen molar-refractivity contribution in [3.8, 4) is 0 Å². The van der Waals surface area contributed by atoms with Crippen LogP contribution >= 0.6 is 11.3 Å². The van der Waals surface area contributed by atoms with E-state index >= 15 is 0 Å². The smallest absolute Gasteiger partial charge is 0.254 e. The van der Waals surface area contributed by atoms with E-state index in [0.29, 0.717) is 18.7 Å².